The van der Waals surface area contributed by atoms with E-state index in [4.69, 9.17) is 19.3 Å². The van der Waals surface area contributed by atoms with E-state index in [0.717, 1.165) is 69.8 Å². The van der Waals surface area contributed by atoms with Crippen molar-refractivity contribution in [1.29, 1.82) is 0 Å². The number of hydrogen-bond acceptors (Lipinski definition) is 9. The van der Waals surface area contributed by atoms with E-state index in [2.05, 4.69) is 132 Å². The summed E-state index contributed by atoms with van der Waals surface area (Å²) in [5.41, 5.74) is 1.41. The molecule has 9 heteroatoms. The predicted molar refractivity (Wildman–Crippen MR) is 288 cm³/mol. The maximum absolute atomic E-state index is 8.98. The molecule has 6 rings (SSSR count). The van der Waals surface area contributed by atoms with Gasteiger partial charge in [-0.2, -0.15) is 0 Å². The predicted octanol–water partition coefficient (Wildman–Crippen LogP) is 12.0. The van der Waals surface area contributed by atoms with Crippen molar-refractivity contribution in [3.05, 3.63) is 35.9 Å². The summed E-state index contributed by atoms with van der Waals surface area (Å²) in [6.45, 7) is 52.2. The number of ether oxygens (including phenoxy) is 3. The Hall–Kier alpha value is -1.14. The van der Waals surface area contributed by atoms with Gasteiger partial charge in [-0.1, -0.05) is 91.6 Å². The molecule has 5 aliphatic heterocycles. The molecule has 1 aromatic carbocycles. The minimum absolute atomic E-state index is 0.228. The zero-order valence-electron chi connectivity index (χ0n) is 46.7. The molecule has 5 aliphatic rings. The number of aliphatic hydroxyl groups excluding tert-OH is 1. The summed E-state index contributed by atoms with van der Waals surface area (Å²) in [5, 5.41) is 8.98. The first-order valence-corrected chi connectivity index (χ1v) is 27.6. The molecule has 0 aliphatic carbocycles. The van der Waals surface area contributed by atoms with Gasteiger partial charge in [0.15, 0.2) is 0 Å². The number of hydrogen-bond donors (Lipinski definition) is 1. The van der Waals surface area contributed by atoms with Gasteiger partial charge in [-0.25, -0.2) is 0 Å². The zero-order valence-corrected chi connectivity index (χ0v) is 46.7. The fraction of sp³-hybridized carbons (Fsp3) is 0.895. The smallest absolute Gasteiger partial charge is 0.0771 e. The van der Waals surface area contributed by atoms with E-state index in [9.17, 15) is 0 Å². The van der Waals surface area contributed by atoms with Crippen LogP contribution >= 0.6 is 0 Å². The van der Waals surface area contributed by atoms with Crippen LogP contribution in [0.1, 0.15) is 186 Å². The molecule has 1 unspecified atom stereocenters. The molecule has 0 radical (unpaired) electrons. The maximum atomic E-state index is 8.98. The highest BCUT2D eigenvalue weighted by Crippen LogP contribution is 2.14. The SMILES string of the molecule is CC(C)CN1CCCC1.CC(C)CN1CCCCC1.CC(C)N1CCCC1.CC(C)N1CCCCC1.CC(C)OCCN1CCOCC1.CC(C)c1ccccc1.CCC(O)COC(C)C. The standard InChI is InChI=1S/C9H19NO2.C9H19N.C9H12.2C8H17N.C7H15N.C7H16O2/c1-9(2)12-8-5-10-3-6-11-7-4-10;1-9(2)8-10-6-4-3-5-7-10;1-8(2)9-6-4-3-5-7-9;1-8(2)7-9-5-3-4-6-9;1-8(2)9-6-4-3-5-7-9;1-7(2)8-5-3-4-6-8;1-4-7(8)5-9-6(2)3/h9H,3-8H2,1-2H3;9H,3-8H2,1-2H3;3-8H,1-2H3;2*8H,3-7H2,1-2H3;7H,3-6H2,1-2H3;6-8H,4-5H2,1-3H3. The van der Waals surface area contributed by atoms with E-state index >= 15 is 0 Å². The van der Waals surface area contributed by atoms with Gasteiger partial charge < -0.3 is 38.9 Å². The van der Waals surface area contributed by atoms with E-state index in [-0.39, 0.29) is 12.2 Å². The molecule has 0 aromatic heterocycles. The van der Waals surface area contributed by atoms with E-state index in [1.54, 1.807) is 0 Å². The molecule has 66 heavy (non-hydrogen) atoms. The van der Waals surface area contributed by atoms with Gasteiger partial charge in [0, 0.05) is 44.8 Å². The van der Waals surface area contributed by atoms with Crippen molar-refractivity contribution in [3.8, 4) is 0 Å². The van der Waals surface area contributed by atoms with Crippen LogP contribution in [0.2, 0.25) is 0 Å². The van der Waals surface area contributed by atoms with Gasteiger partial charge in [-0.05, 0) is 189 Å². The van der Waals surface area contributed by atoms with Gasteiger partial charge in [0.2, 0.25) is 0 Å². The molecule has 0 spiro atoms. The van der Waals surface area contributed by atoms with Crippen molar-refractivity contribution in [1.82, 2.24) is 24.5 Å². The van der Waals surface area contributed by atoms with Crippen molar-refractivity contribution in [2.75, 3.05) is 112 Å². The second-order valence-electron chi connectivity index (χ2n) is 21.6. The van der Waals surface area contributed by atoms with Gasteiger partial charge >= 0.3 is 0 Å². The molecular formula is C57H115N5O4. The lowest BCUT2D eigenvalue weighted by atomic mass is 10.0. The lowest BCUT2D eigenvalue weighted by molar-refractivity contribution is 0.00464. The molecule has 0 bridgehead atoms. The average molecular weight is 935 g/mol. The summed E-state index contributed by atoms with van der Waals surface area (Å²) in [6.07, 6.45) is 15.3. The number of likely N-dealkylation sites (tertiary alicyclic amines) is 4. The Labute approximate surface area is 412 Å². The summed E-state index contributed by atoms with van der Waals surface area (Å²) >= 11 is 0. The number of rotatable bonds is 15. The van der Waals surface area contributed by atoms with Crippen LogP contribution in [0.15, 0.2) is 30.3 Å². The van der Waals surface area contributed by atoms with Crippen molar-refractivity contribution >= 4 is 0 Å². The molecule has 0 saturated carbocycles. The first-order chi connectivity index (χ1) is 31.4. The maximum Gasteiger partial charge on any atom is 0.0771 e. The van der Waals surface area contributed by atoms with Crippen molar-refractivity contribution in [2.45, 2.75) is 211 Å². The molecule has 1 aromatic rings. The van der Waals surface area contributed by atoms with Crippen LogP contribution in [0.4, 0.5) is 0 Å². The fourth-order valence-corrected chi connectivity index (χ4v) is 8.33. The van der Waals surface area contributed by atoms with Gasteiger partial charge in [0.1, 0.15) is 0 Å². The Morgan fingerprint density at radius 1 is 0.500 bits per heavy atom. The molecule has 5 heterocycles. The molecule has 5 saturated heterocycles. The summed E-state index contributed by atoms with van der Waals surface area (Å²) in [5.74, 6) is 2.35. The Bertz CT molecular complexity index is 1120. The molecular weight excluding hydrogens is 819 g/mol. The average Bonchev–Trinajstić information content (AvgIpc) is 4.04. The quantitative estimate of drug-likeness (QED) is 0.185. The zero-order chi connectivity index (χ0) is 49.5. The van der Waals surface area contributed by atoms with E-state index < -0.39 is 0 Å². The Kier molecular flexibility index (Phi) is 42.0. The minimum atomic E-state index is -0.285. The van der Waals surface area contributed by atoms with Gasteiger partial charge in [0.05, 0.1) is 44.7 Å². The number of nitrogens with zero attached hydrogens (tertiary/aromatic N) is 5. The normalized spacial score (nSPS) is 19.2. The molecule has 1 N–H and O–H groups in total. The molecule has 9 nitrogen and oxygen atoms in total. The van der Waals surface area contributed by atoms with Crippen LogP contribution in [0, 0.1) is 11.8 Å². The monoisotopic (exact) mass is 934 g/mol. The topological polar surface area (TPSA) is 64.1 Å². The van der Waals surface area contributed by atoms with E-state index in [1.165, 1.54) is 135 Å². The van der Waals surface area contributed by atoms with Crippen LogP contribution in [0.5, 0.6) is 0 Å². The van der Waals surface area contributed by atoms with Crippen molar-refractivity contribution < 1.29 is 19.3 Å². The Morgan fingerprint density at radius 3 is 1.23 bits per heavy atom. The lowest BCUT2D eigenvalue weighted by Gasteiger charge is -2.29. The van der Waals surface area contributed by atoms with Crippen LogP contribution in [0.25, 0.3) is 0 Å². The largest absolute Gasteiger partial charge is 0.391 e. The van der Waals surface area contributed by atoms with Gasteiger partial charge in [0.25, 0.3) is 0 Å². The highest BCUT2D eigenvalue weighted by atomic mass is 16.5. The molecule has 1 atom stereocenters. The van der Waals surface area contributed by atoms with Gasteiger partial charge in [-0.15, -0.1) is 0 Å². The summed E-state index contributed by atoms with van der Waals surface area (Å²) in [7, 11) is 0. The first kappa shape index (κ1) is 64.9. The third-order valence-corrected chi connectivity index (χ3v) is 12.4. The molecule has 392 valence electrons. The third kappa shape index (κ3) is 39.7. The number of morpholine rings is 1. The highest BCUT2D eigenvalue weighted by molar-refractivity contribution is 5.17. The third-order valence-electron chi connectivity index (χ3n) is 12.4. The number of piperidine rings is 2. The summed E-state index contributed by atoms with van der Waals surface area (Å²) < 4.78 is 15.9. The van der Waals surface area contributed by atoms with Gasteiger partial charge in [-0.3, -0.25) is 4.90 Å². The van der Waals surface area contributed by atoms with E-state index in [1.807, 2.05) is 26.8 Å². The van der Waals surface area contributed by atoms with Crippen molar-refractivity contribution in [2.24, 2.45) is 11.8 Å². The lowest BCUT2D eigenvalue weighted by Crippen LogP contribution is -2.38. The minimum Gasteiger partial charge on any atom is -0.391 e. The Morgan fingerprint density at radius 2 is 0.894 bits per heavy atom. The molecule has 5 fully saturated rings. The van der Waals surface area contributed by atoms with Crippen LogP contribution in [-0.2, 0) is 14.2 Å². The molecule has 0 amide bonds. The number of benzene rings is 1. The van der Waals surface area contributed by atoms with Crippen molar-refractivity contribution in [3.63, 3.8) is 0 Å². The summed E-state index contributed by atoms with van der Waals surface area (Å²) in [4.78, 5) is 12.6. The fourth-order valence-electron chi connectivity index (χ4n) is 8.33. The first-order valence-electron chi connectivity index (χ1n) is 27.6. The summed E-state index contributed by atoms with van der Waals surface area (Å²) in [6, 6.07) is 12.1. The second kappa shape index (κ2) is 42.7. The number of aliphatic hydroxyl groups is 1. The van der Waals surface area contributed by atoms with Crippen LogP contribution in [-0.4, -0.2) is 172 Å². The van der Waals surface area contributed by atoms with E-state index in [0.29, 0.717) is 18.6 Å². The highest BCUT2D eigenvalue weighted by Gasteiger charge is 2.15. The van der Waals surface area contributed by atoms with Crippen LogP contribution in [0.3, 0.4) is 0 Å². The Balaban J connectivity index is 0.000000749. The van der Waals surface area contributed by atoms with Crippen LogP contribution < -0.4 is 0 Å². The second-order valence-corrected chi connectivity index (χ2v) is 21.6.